The molecule has 6 aromatic rings. The number of anilines is 3. The number of nitrogens with two attached hydrogens (primary N) is 3. The third-order valence-electron chi connectivity index (χ3n) is 10.1. The van der Waals surface area contributed by atoms with Gasteiger partial charge in [-0.2, -0.15) is 0 Å². The van der Waals surface area contributed by atoms with Crippen LogP contribution in [0.5, 0.6) is 0 Å². The molecule has 29 nitrogen and oxygen atoms in total. The van der Waals surface area contributed by atoms with Gasteiger partial charge in [0.15, 0.2) is 53.1 Å². The number of imidazole rings is 3. The summed E-state index contributed by atoms with van der Waals surface area (Å²) >= 11 is 11.5. The number of methoxy groups -OCH3 is 3. The van der Waals surface area contributed by atoms with Crippen molar-refractivity contribution in [2.45, 2.75) is 74.3 Å². The summed E-state index contributed by atoms with van der Waals surface area (Å²) in [4.78, 5) is 44.7. The summed E-state index contributed by atoms with van der Waals surface area (Å²) in [5.74, 6) is 9.38. The monoisotopic (exact) mass is 1050 g/mol. The van der Waals surface area contributed by atoms with Crippen LogP contribution in [0.15, 0.2) is 38.0 Å². The van der Waals surface area contributed by atoms with Gasteiger partial charge in [0.05, 0.1) is 37.8 Å². The van der Waals surface area contributed by atoms with E-state index in [2.05, 4.69) is 109 Å². The molecule has 3 saturated heterocycles. The van der Waals surface area contributed by atoms with Crippen LogP contribution in [0, 0.1) is 0 Å². The number of thiocarbonyl (C=S) groups is 3. The van der Waals surface area contributed by atoms with E-state index in [1.165, 1.54) is 29.9 Å². The third kappa shape index (κ3) is 14.4. The molecular formula is C38H59N15O14S3. The van der Waals surface area contributed by atoms with Crippen molar-refractivity contribution in [1.29, 1.82) is 0 Å². The Hall–Kier alpha value is -5.24. The number of hydrogen-bond acceptors (Lipinski definition) is 29. The molecule has 70 heavy (non-hydrogen) atoms. The first-order valence-electron chi connectivity index (χ1n) is 20.1. The molecular weight excluding hydrogens is 987 g/mol. The predicted molar refractivity (Wildman–Crippen MR) is 263 cm³/mol. The average molecular weight is 1050 g/mol. The Labute approximate surface area is 416 Å². The first kappa shape index (κ1) is 60.9. The molecule has 6 aromatic heterocycles. The van der Waals surface area contributed by atoms with Crippen LogP contribution in [0.2, 0.25) is 0 Å². The minimum atomic E-state index is -1.22. The second-order valence-electron chi connectivity index (χ2n) is 13.7. The van der Waals surface area contributed by atoms with Gasteiger partial charge in [-0.05, 0) is 17.6 Å². The molecule has 10 unspecified atom stereocenters. The lowest BCUT2D eigenvalue weighted by molar-refractivity contribution is -0.264. The van der Waals surface area contributed by atoms with Gasteiger partial charge in [0, 0.05) is 48.4 Å². The van der Waals surface area contributed by atoms with Crippen LogP contribution >= 0.6 is 36.7 Å². The molecule has 388 valence electrons. The van der Waals surface area contributed by atoms with Gasteiger partial charge in [-0.25, -0.2) is 54.6 Å². The van der Waals surface area contributed by atoms with Gasteiger partial charge in [-0.1, -0.05) is 36.7 Å². The van der Waals surface area contributed by atoms with Crippen LogP contribution in [0.3, 0.4) is 0 Å². The van der Waals surface area contributed by atoms with Crippen molar-refractivity contribution in [1.82, 2.24) is 58.6 Å². The molecule has 10 atom stereocenters. The van der Waals surface area contributed by atoms with Crippen molar-refractivity contribution in [2.75, 3.05) is 72.6 Å². The van der Waals surface area contributed by atoms with Crippen molar-refractivity contribution in [2.24, 2.45) is 0 Å². The van der Waals surface area contributed by atoms with Gasteiger partial charge < -0.3 is 66.0 Å². The van der Waals surface area contributed by atoms with Crippen LogP contribution in [0.25, 0.3) is 33.5 Å². The van der Waals surface area contributed by atoms with E-state index < -0.39 is 30.8 Å². The quantitative estimate of drug-likeness (QED) is 0.0473. The molecule has 3 aliphatic rings. The Bertz CT molecular complexity index is 2190. The van der Waals surface area contributed by atoms with E-state index in [0.717, 1.165) is 20.6 Å². The van der Waals surface area contributed by atoms with Gasteiger partial charge in [-0.3, -0.25) is 24.2 Å². The molecule has 3 fully saturated rings. The molecule has 0 aliphatic carbocycles. The number of nitrogens with zero attached hydrogens (tertiary/aromatic N) is 12. The maximum absolute atomic E-state index is 10.0. The molecule has 0 saturated carbocycles. The van der Waals surface area contributed by atoms with E-state index in [9.17, 15) is 10.2 Å². The Morgan fingerprint density at radius 1 is 0.543 bits per heavy atom. The minimum Gasteiger partial charge on any atom is -0.400 e. The van der Waals surface area contributed by atoms with Crippen LogP contribution in [-0.4, -0.2) is 205 Å². The lowest BCUT2D eigenvalue weighted by atomic mass is 10.1. The highest BCUT2D eigenvalue weighted by molar-refractivity contribution is 7.77. The minimum absolute atomic E-state index is 0.00779. The fourth-order valence-electron chi connectivity index (χ4n) is 7.17. The van der Waals surface area contributed by atoms with Crippen molar-refractivity contribution >= 4 is 105 Å². The van der Waals surface area contributed by atoms with Crippen LogP contribution in [-0.2, 0) is 38.2 Å². The number of rotatable bonds is 11. The SMILES string of the molecule is C=S.C=S.C=S.CO.CO.COC1CC(COO)OC1n1cnc2c(N)ncnc21.COCC1CC(OC)C(n2cnc3c(N)ncnc32)O1.Nc1ncnc2c1ncn2C1OC(COO)C(O)C1O. The Kier molecular flexibility index (Phi) is 27.7. The first-order valence-corrected chi connectivity index (χ1v) is 21.8. The number of fused-ring (bicyclic) bond motifs is 3. The van der Waals surface area contributed by atoms with Gasteiger partial charge in [-0.15, -0.1) is 0 Å². The highest BCUT2D eigenvalue weighted by Crippen LogP contribution is 2.35. The smallest absolute Gasteiger partial charge is 0.167 e. The Balaban J connectivity index is 0.000000330. The molecule has 0 bridgehead atoms. The van der Waals surface area contributed by atoms with Crippen LogP contribution < -0.4 is 17.2 Å². The van der Waals surface area contributed by atoms with E-state index >= 15 is 0 Å². The lowest BCUT2D eigenvalue weighted by Gasteiger charge is -2.18. The highest BCUT2D eigenvalue weighted by atomic mass is 32.1. The number of aliphatic hydroxyl groups excluding tert-OH is 4. The van der Waals surface area contributed by atoms with E-state index in [1.54, 1.807) is 38.6 Å². The van der Waals surface area contributed by atoms with Gasteiger partial charge in [0.2, 0.25) is 0 Å². The van der Waals surface area contributed by atoms with Gasteiger partial charge in [0.1, 0.15) is 79.3 Å². The zero-order valence-corrected chi connectivity index (χ0v) is 41.1. The van der Waals surface area contributed by atoms with E-state index in [4.69, 9.17) is 66.3 Å². The van der Waals surface area contributed by atoms with E-state index in [-0.39, 0.29) is 49.7 Å². The van der Waals surface area contributed by atoms with Crippen LogP contribution in [0.1, 0.15) is 31.5 Å². The third-order valence-corrected chi connectivity index (χ3v) is 10.1. The van der Waals surface area contributed by atoms with Crippen molar-refractivity contribution in [3.8, 4) is 0 Å². The number of nitrogen functional groups attached to an aromatic ring is 3. The second-order valence-corrected chi connectivity index (χ2v) is 13.7. The zero-order chi connectivity index (χ0) is 52.5. The van der Waals surface area contributed by atoms with Crippen molar-refractivity contribution in [3.63, 3.8) is 0 Å². The molecule has 0 radical (unpaired) electrons. The zero-order valence-electron chi connectivity index (χ0n) is 38.7. The second kappa shape index (κ2) is 31.9. The Morgan fingerprint density at radius 2 is 0.900 bits per heavy atom. The van der Waals surface area contributed by atoms with E-state index in [1.807, 2.05) is 4.57 Å². The topological polar surface area (TPSA) is 404 Å². The van der Waals surface area contributed by atoms with E-state index in [0.29, 0.717) is 58.2 Å². The summed E-state index contributed by atoms with van der Waals surface area (Å²) in [5.41, 5.74) is 20.3. The average Bonchev–Trinajstić information content (AvgIpc) is 4.28. The molecule has 0 amide bonds. The summed E-state index contributed by atoms with van der Waals surface area (Å²) in [6.45, 7) is 0.346. The van der Waals surface area contributed by atoms with Crippen LogP contribution in [0.4, 0.5) is 17.5 Å². The lowest BCUT2D eigenvalue weighted by Crippen LogP contribution is -2.33. The molecule has 9 rings (SSSR count). The molecule has 12 N–H and O–H groups in total. The maximum atomic E-state index is 10.0. The predicted octanol–water partition coefficient (Wildman–Crippen LogP) is 0.140. The fraction of sp³-hybridized carbons (Fsp3) is 0.526. The number of hydrogen-bond donors (Lipinski definition) is 9. The number of aromatic nitrogens is 12. The summed E-state index contributed by atoms with van der Waals surface area (Å²) in [6, 6.07) is 0. The van der Waals surface area contributed by atoms with Gasteiger partial charge >= 0.3 is 0 Å². The Morgan fingerprint density at radius 3 is 1.24 bits per heavy atom. The number of aliphatic hydroxyl groups is 4. The summed E-state index contributed by atoms with van der Waals surface area (Å²) in [7, 11) is 6.92. The largest absolute Gasteiger partial charge is 0.400 e. The standard InChI is InChI=1S/C12H17N5O3.C11H15N5O4.C10H13N5O5.2CH4O.3CH2S/c1-18-4-7-3-8(19-2)12(20-7)17-6-16-9-10(13)14-5-15-11(9)17;1-18-7-2-6(3-19-17)20-11(7)16-5-15-8-9(12)13-4-14-10(8)16;11-8-5-9(13-2-12-8)15(3-14-5)10-7(17)6(16)4(20-10)1-19-18;5*1-2/h5-8,12H,3-4H2,1-2H3,(H2,13,14,15);4-7,11,17H,2-3H2,1H3,(H2,12,13,14);2-4,6-7,10,16-18H,1H2,(H2,11,12,13);2*2H,1H3;3*1H2. The molecule has 32 heteroatoms. The maximum Gasteiger partial charge on any atom is 0.167 e. The summed E-state index contributed by atoms with van der Waals surface area (Å²) < 4.78 is 38.3. The van der Waals surface area contributed by atoms with Crippen molar-refractivity contribution in [3.05, 3.63) is 38.0 Å². The summed E-state index contributed by atoms with van der Waals surface area (Å²) in [6.07, 6.45) is 4.62. The molecule has 0 spiro atoms. The normalized spacial score (nSPS) is 24.0. The summed E-state index contributed by atoms with van der Waals surface area (Å²) in [5, 5.41) is 50.8. The van der Waals surface area contributed by atoms with Gasteiger partial charge in [0.25, 0.3) is 0 Å². The molecule has 9 heterocycles. The van der Waals surface area contributed by atoms with Crippen molar-refractivity contribution < 1.29 is 69.1 Å². The first-order chi connectivity index (χ1) is 34.1. The highest BCUT2D eigenvalue weighted by Gasteiger charge is 2.45. The molecule has 0 aromatic carbocycles. The number of ether oxygens (including phenoxy) is 6. The molecule has 3 aliphatic heterocycles. The fourth-order valence-corrected chi connectivity index (χ4v) is 7.17.